The van der Waals surface area contributed by atoms with Gasteiger partial charge in [-0.05, 0) is 24.5 Å². The summed E-state index contributed by atoms with van der Waals surface area (Å²) < 4.78 is 5.92. The highest BCUT2D eigenvalue weighted by Gasteiger charge is 2.13. The van der Waals surface area contributed by atoms with Crippen LogP contribution < -0.4 is 15.0 Å². The molecule has 0 fully saturated rings. The summed E-state index contributed by atoms with van der Waals surface area (Å²) >= 11 is 2.89. The number of carbonyl (C=O) groups excluding carboxylic acids is 1. The number of anilines is 1. The molecule has 0 unspecified atom stereocenters. The van der Waals surface area contributed by atoms with Gasteiger partial charge in [0.25, 0.3) is 5.91 Å². The number of ether oxygens (including phenoxy) is 1. The molecular formula is C19H24N4O2S2. The lowest BCUT2D eigenvalue weighted by atomic mass is 10.1. The highest BCUT2D eigenvalue weighted by Crippen LogP contribution is 2.24. The lowest BCUT2D eigenvalue weighted by Crippen LogP contribution is -2.28. The molecule has 0 saturated heterocycles. The van der Waals surface area contributed by atoms with Gasteiger partial charge < -0.3 is 15.0 Å². The predicted octanol–water partition coefficient (Wildman–Crippen LogP) is 3.73. The lowest BCUT2D eigenvalue weighted by molar-refractivity contribution is 0.0977. The van der Waals surface area contributed by atoms with Crippen molar-refractivity contribution in [3.05, 3.63) is 51.8 Å². The van der Waals surface area contributed by atoms with E-state index in [0.717, 1.165) is 17.8 Å². The number of aromatic nitrogens is 1. The van der Waals surface area contributed by atoms with Gasteiger partial charge >= 0.3 is 0 Å². The minimum Gasteiger partial charge on any atom is -0.493 e. The van der Waals surface area contributed by atoms with E-state index >= 15 is 0 Å². The Kier molecular flexibility index (Phi) is 7.87. The first-order chi connectivity index (χ1) is 12.9. The van der Waals surface area contributed by atoms with Gasteiger partial charge in [0.1, 0.15) is 5.75 Å². The summed E-state index contributed by atoms with van der Waals surface area (Å²) in [4.78, 5) is 24.0. The number of hydrogen-bond acceptors (Lipinski definition) is 7. The third-order valence-corrected chi connectivity index (χ3v) is 5.40. The summed E-state index contributed by atoms with van der Waals surface area (Å²) in [6.45, 7) is 6.16. The minimum absolute atomic E-state index is 0.239. The van der Waals surface area contributed by atoms with Gasteiger partial charge in [0.15, 0.2) is 5.17 Å². The molecule has 0 atom stereocenters. The van der Waals surface area contributed by atoms with Gasteiger partial charge in [-0.2, -0.15) is 0 Å². The number of amides is 1. The number of thioether (sulfide) groups is 1. The largest absolute Gasteiger partial charge is 0.493 e. The van der Waals surface area contributed by atoms with Crippen LogP contribution in [0.25, 0.3) is 0 Å². The first-order valence-electron chi connectivity index (χ1n) is 8.34. The molecule has 1 N–H and O–H groups in total. The molecule has 2 aromatic rings. The Hall–Kier alpha value is -2.32. The number of rotatable bonds is 7. The van der Waals surface area contributed by atoms with Crippen molar-refractivity contribution in [2.45, 2.75) is 13.3 Å². The molecule has 0 aliphatic rings. The molecule has 8 heteroatoms. The van der Waals surface area contributed by atoms with Gasteiger partial charge in [-0.15, -0.1) is 11.3 Å². The SMILES string of the molecule is C=CSC(=NC)NC(=O)c1cc(OCCc2scnc2C)cc(N(C)C)c1. The maximum absolute atomic E-state index is 12.6. The van der Waals surface area contributed by atoms with Crippen LogP contribution in [0.4, 0.5) is 5.69 Å². The molecule has 0 spiro atoms. The average Bonchev–Trinajstić information content (AvgIpc) is 3.06. The third-order valence-electron chi connectivity index (χ3n) is 3.73. The second-order valence-corrected chi connectivity index (χ2v) is 7.73. The maximum atomic E-state index is 12.6. The summed E-state index contributed by atoms with van der Waals surface area (Å²) in [5, 5.41) is 4.90. The van der Waals surface area contributed by atoms with E-state index in [0.29, 0.717) is 23.1 Å². The number of amidine groups is 1. The highest BCUT2D eigenvalue weighted by atomic mass is 32.2. The third kappa shape index (κ3) is 6.11. The molecule has 1 aromatic heterocycles. The van der Waals surface area contributed by atoms with E-state index in [1.54, 1.807) is 29.9 Å². The number of nitrogens with zero attached hydrogens (tertiary/aromatic N) is 3. The molecule has 0 aliphatic heterocycles. The first kappa shape index (κ1) is 21.0. The van der Waals surface area contributed by atoms with Crippen LogP contribution in [0.3, 0.4) is 0 Å². The van der Waals surface area contributed by atoms with E-state index in [4.69, 9.17) is 4.74 Å². The number of nitrogens with one attached hydrogen (secondary N) is 1. The standard InChI is InChI=1S/C19H24N4O2S2/c1-6-26-19(20-3)22-18(24)14-9-15(23(4)5)11-16(10-14)25-8-7-17-13(2)21-12-27-17/h6,9-12H,1,7-8H2,2-5H3,(H,20,22,24). The first-order valence-corrected chi connectivity index (χ1v) is 10.1. The molecular weight excluding hydrogens is 380 g/mol. The molecule has 1 amide bonds. The number of carbonyl (C=O) groups is 1. The number of thiazole rings is 1. The quantitative estimate of drug-likeness (QED) is 0.563. The van der Waals surface area contributed by atoms with E-state index < -0.39 is 0 Å². The monoisotopic (exact) mass is 404 g/mol. The molecule has 2 rings (SSSR count). The van der Waals surface area contributed by atoms with Crippen LogP contribution in [0.1, 0.15) is 20.9 Å². The zero-order valence-corrected chi connectivity index (χ0v) is 17.6. The van der Waals surface area contributed by atoms with E-state index in [1.165, 1.54) is 16.6 Å². The fraction of sp³-hybridized carbons (Fsp3) is 0.316. The van der Waals surface area contributed by atoms with Gasteiger partial charge in [0.2, 0.25) is 0 Å². The van der Waals surface area contributed by atoms with E-state index in [2.05, 4.69) is 21.9 Å². The Labute approximate surface area is 168 Å². The number of aryl methyl sites for hydroxylation is 1. The number of hydrogen-bond donors (Lipinski definition) is 1. The lowest BCUT2D eigenvalue weighted by Gasteiger charge is -2.16. The molecule has 1 aromatic carbocycles. The van der Waals surface area contributed by atoms with E-state index in [9.17, 15) is 4.79 Å². The van der Waals surface area contributed by atoms with Crippen LogP contribution in [-0.4, -0.2) is 43.8 Å². The summed E-state index contributed by atoms with van der Waals surface area (Å²) in [6.07, 6.45) is 0.785. The minimum atomic E-state index is -0.239. The molecule has 27 heavy (non-hydrogen) atoms. The van der Waals surface area contributed by atoms with Crippen LogP contribution in [0.2, 0.25) is 0 Å². The van der Waals surface area contributed by atoms with Gasteiger partial charge in [-0.3, -0.25) is 9.79 Å². The Morgan fingerprint density at radius 3 is 2.81 bits per heavy atom. The molecule has 1 heterocycles. The van der Waals surface area contributed by atoms with Crippen LogP contribution >= 0.6 is 23.1 Å². The summed E-state index contributed by atoms with van der Waals surface area (Å²) in [5.41, 5.74) is 4.28. The van der Waals surface area contributed by atoms with Crippen molar-refractivity contribution in [3.63, 3.8) is 0 Å². The van der Waals surface area contributed by atoms with Crippen molar-refractivity contribution >= 4 is 39.9 Å². The second kappa shape index (κ2) is 10.1. The number of benzene rings is 1. The normalized spacial score (nSPS) is 11.2. The maximum Gasteiger partial charge on any atom is 0.257 e. The van der Waals surface area contributed by atoms with E-state index in [1.807, 2.05) is 43.6 Å². The van der Waals surface area contributed by atoms with Crippen molar-refractivity contribution in [2.24, 2.45) is 4.99 Å². The van der Waals surface area contributed by atoms with Crippen LogP contribution in [-0.2, 0) is 6.42 Å². The second-order valence-electron chi connectivity index (χ2n) is 5.84. The van der Waals surface area contributed by atoms with Crippen LogP contribution in [0.5, 0.6) is 5.75 Å². The zero-order chi connectivity index (χ0) is 19.8. The fourth-order valence-electron chi connectivity index (χ4n) is 2.27. The van der Waals surface area contributed by atoms with Gasteiger partial charge in [0, 0.05) is 49.8 Å². The zero-order valence-electron chi connectivity index (χ0n) is 16.0. The van der Waals surface area contributed by atoms with Crippen molar-refractivity contribution in [1.29, 1.82) is 0 Å². The number of aliphatic imine (C=N–C) groups is 1. The molecule has 0 saturated carbocycles. The summed E-state index contributed by atoms with van der Waals surface area (Å²) in [5.74, 6) is 0.414. The van der Waals surface area contributed by atoms with Gasteiger partial charge in [-0.25, -0.2) is 4.98 Å². The molecule has 144 valence electrons. The Bertz CT molecular complexity index is 831. The van der Waals surface area contributed by atoms with Crippen molar-refractivity contribution in [3.8, 4) is 5.75 Å². The Morgan fingerprint density at radius 1 is 1.44 bits per heavy atom. The summed E-state index contributed by atoms with van der Waals surface area (Å²) in [6, 6.07) is 5.48. The van der Waals surface area contributed by atoms with Gasteiger partial charge in [0.05, 0.1) is 17.8 Å². The van der Waals surface area contributed by atoms with Crippen molar-refractivity contribution in [1.82, 2.24) is 10.3 Å². The van der Waals surface area contributed by atoms with Crippen molar-refractivity contribution in [2.75, 3.05) is 32.6 Å². The molecule has 6 nitrogen and oxygen atoms in total. The average molecular weight is 405 g/mol. The topological polar surface area (TPSA) is 66.8 Å². The fourth-order valence-corrected chi connectivity index (χ4v) is 3.45. The smallest absolute Gasteiger partial charge is 0.257 e. The van der Waals surface area contributed by atoms with Crippen molar-refractivity contribution < 1.29 is 9.53 Å². The molecule has 0 radical (unpaired) electrons. The molecule has 0 bridgehead atoms. The van der Waals surface area contributed by atoms with Gasteiger partial charge in [-0.1, -0.05) is 18.3 Å². The Morgan fingerprint density at radius 2 is 2.22 bits per heavy atom. The highest BCUT2D eigenvalue weighted by molar-refractivity contribution is 8.16. The van der Waals surface area contributed by atoms with Crippen LogP contribution in [0.15, 0.2) is 40.7 Å². The Balaban J connectivity index is 2.14. The van der Waals surface area contributed by atoms with E-state index in [-0.39, 0.29) is 5.91 Å². The molecule has 0 aliphatic carbocycles. The van der Waals surface area contributed by atoms with Crippen LogP contribution in [0, 0.1) is 6.92 Å². The summed E-state index contributed by atoms with van der Waals surface area (Å²) in [7, 11) is 5.47. The predicted molar refractivity (Wildman–Crippen MR) is 115 cm³/mol.